The number of rotatable bonds is 6. The van der Waals surface area contributed by atoms with Crippen LogP contribution in [-0.4, -0.2) is 58.2 Å². The van der Waals surface area contributed by atoms with Crippen molar-refractivity contribution in [3.8, 4) is 5.69 Å². The Balaban J connectivity index is 1.35. The van der Waals surface area contributed by atoms with Gasteiger partial charge < -0.3 is 9.80 Å². The van der Waals surface area contributed by atoms with E-state index >= 15 is 0 Å². The molecule has 1 saturated heterocycles. The van der Waals surface area contributed by atoms with E-state index in [2.05, 4.69) is 28.9 Å². The number of aromatic nitrogens is 2. The highest BCUT2D eigenvalue weighted by Gasteiger charge is 2.26. The maximum atomic E-state index is 12.8. The SMILES string of the molecule is Cc1nn(-c2ccccc2)c(C)c1CCC(=O)N1CCCN(CC2CC2)CC1. The lowest BCUT2D eigenvalue weighted by Gasteiger charge is -2.22. The third kappa shape index (κ3) is 4.46. The van der Waals surface area contributed by atoms with Gasteiger partial charge >= 0.3 is 0 Å². The number of nitrogens with zero attached hydrogens (tertiary/aromatic N) is 4. The van der Waals surface area contributed by atoms with E-state index in [4.69, 9.17) is 5.10 Å². The highest BCUT2D eigenvalue weighted by molar-refractivity contribution is 5.76. The first-order valence-electron chi connectivity index (χ1n) is 10.7. The lowest BCUT2D eigenvalue weighted by molar-refractivity contribution is -0.131. The van der Waals surface area contributed by atoms with Crippen LogP contribution in [0.5, 0.6) is 0 Å². The number of benzene rings is 1. The van der Waals surface area contributed by atoms with Gasteiger partial charge in [0.2, 0.25) is 5.91 Å². The maximum absolute atomic E-state index is 12.8. The molecule has 28 heavy (non-hydrogen) atoms. The molecular weight excluding hydrogens is 348 g/mol. The minimum atomic E-state index is 0.291. The molecule has 0 bridgehead atoms. The third-order valence-electron chi connectivity index (χ3n) is 6.19. The van der Waals surface area contributed by atoms with Gasteiger partial charge in [-0.2, -0.15) is 5.10 Å². The van der Waals surface area contributed by atoms with Crippen molar-refractivity contribution in [1.29, 1.82) is 0 Å². The van der Waals surface area contributed by atoms with Crippen LogP contribution >= 0.6 is 0 Å². The van der Waals surface area contributed by atoms with Crippen LogP contribution in [0.1, 0.15) is 42.6 Å². The Morgan fingerprint density at radius 3 is 2.61 bits per heavy atom. The van der Waals surface area contributed by atoms with Crippen LogP contribution in [0, 0.1) is 19.8 Å². The Kier molecular flexibility index (Phi) is 5.81. The van der Waals surface area contributed by atoms with E-state index in [1.165, 1.54) is 24.9 Å². The average molecular weight is 381 g/mol. The summed E-state index contributed by atoms with van der Waals surface area (Å²) in [5.41, 5.74) is 4.45. The fourth-order valence-corrected chi connectivity index (χ4v) is 4.32. The van der Waals surface area contributed by atoms with Crippen LogP contribution in [0.25, 0.3) is 5.69 Å². The van der Waals surface area contributed by atoms with Crippen LogP contribution in [0.3, 0.4) is 0 Å². The first-order chi connectivity index (χ1) is 13.6. The van der Waals surface area contributed by atoms with Gasteiger partial charge in [0.1, 0.15) is 0 Å². The predicted molar refractivity (Wildman–Crippen MR) is 112 cm³/mol. The first kappa shape index (κ1) is 19.2. The number of amides is 1. The van der Waals surface area contributed by atoms with Crippen molar-refractivity contribution in [2.75, 3.05) is 32.7 Å². The van der Waals surface area contributed by atoms with Crippen LogP contribution in [0.2, 0.25) is 0 Å². The first-order valence-corrected chi connectivity index (χ1v) is 10.7. The molecule has 0 spiro atoms. The van der Waals surface area contributed by atoms with Gasteiger partial charge in [-0.15, -0.1) is 0 Å². The number of aryl methyl sites for hydroxylation is 1. The van der Waals surface area contributed by atoms with Gasteiger partial charge in [-0.05, 0) is 69.7 Å². The van der Waals surface area contributed by atoms with Gasteiger partial charge in [-0.1, -0.05) is 18.2 Å². The van der Waals surface area contributed by atoms with Gasteiger partial charge in [-0.3, -0.25) is 4.79 Å². The Labute approximate surface area is 168 Å². The summed E-state index contributed by atoms with van der Waals surface area (Å²) >= 11 is 0. The summed E-state index contributed by atoms with van der Waals surface area (Å²) in [5, 5.41) is 4.71. The quantitative estimate of drug-likeness (QED) is 0.772. The molecule has 0 N–H and O–H groups in total. The molecule has 1 saturated carbocycles. The summed E-state index contributed by atoms with van der Waals surface area (Å²) < 4.78 is 2.00. The molecule has 2 aromatic rings. The zero-order chi connectivity index (χ0) is 19.5. The molecule has 1 aromatic carbocycles. The molecule has 1 aliphatic heterocycles. The topological polar surface area (TPSA) is 41.4 Å². The van der Waals surface area contributed by atoms with E-state index in [1.807, 2.05) is 29.8 Å². The van der Waals surface area contributed by atoms with E-state index < -0.39 is 0 Å². The van der Waals surface area contributed by atoms with E-state index in [0.717, 1.165) is 62.0 Å². The molecule has 1 aliphatic carbocycles. The van der Waals surface area contributed by atoms with E-state index in [0.29, 0.717) is 12.3 Å². The Morgan fingerprint density at radius 2 is 1.86 bits per heavy atom. The molecule has 1 amide bonds. The van der Waals surface area contributed by atoms with Gasteiger partial charge in [0.25, 0.3) is 0 Å². The van der Waals surface area contributed by atoms with Crippen molar-refractivity contribution in [3.05, 3.63) is 47.3 Å². The van der Waals surface area contributed by atoms with Gasteiger partial charge in [-0.25, -0.2) is 4.68 Å². The summed E-state index contributed by atoms with van der Waals surface area (Å²) in [6.07, 6.45) is 5.24. The lowest BCUT2D eigenvalue weighted by Crippen LogP contribution is -2.35. The highest BCUT2D eigenvalue weighted by Crippen LogP contribution is 2.30. The molecule has 150 valence electrons. The molecule has 0 unspecified atom stereocenters. The van der Waals surface area contributed by atoms with E-state index in [9.17, 15) is 4.79 Å². The normalized spacial score (nSPS) is 18.3. The third-order valence-corrected chi connectivity index (χ3v) is 6.19. The van der Waals surface area contributed by atoms with Crippen LogP contribution in [-0.2, 0) is 11.2 Å². The summed E-state index contributed by atoms with van der Waals surface area (Å²) in [6, 6.07) is 10.2. The van der Waals surface area contributed by atoms with Gasteiger partial charge in [0.15, 0.2) is 0 Å². The molecular formula is C23H32N4O. The minimum absolute atomic E-state index is 0.291. The predicted octanol–water partition coefficient (Wildman–Crippen LogP) is 3.37. The standard InChI is InChI=1S/C23H32N4O/c1-18-22(19(2)27(24-18)21-7-4-3-5-8-21)11-12-23(28)26-14-6-13-25(15-16-26)17-20-9-10-20/h3-5,7-8,20H,6,9-17H2,1-2H3. The van der Waals surface area contributed by atoms with E-state index in [-0.39, 0.29) is 0 Å². The largest absolute Gasteiger partial charge is 0.341 e. The van der Waals surface area contributed by atoms with Crippen LogP contribution < -0.4 is 0 Å². The van der Waals surface area contributed by atoms with Gasteiger partial charge in [0.05, 0.1) is 11.4 Å². The molecule has 4 rings (SSSR count). The van der Waals surface area contributed by atoms with Crippen molar-refractivity contribution in [1.82, 2.24) is 19.6 Å². The Hall–Kier alpha value is -2.14. The van der Waals surface area contributed by atoms with Crippen molar-refractivity contribution < 1.29 is 4.79 Å². The number of para-hydroxylation sites is 1. The zero-order valence-corrected chi connectivity index (χ0v) is 17.2. The Bertz CT molecular complexity index is 810. The molecule has 0 atom stereocenters. The summed E-state index contributed by atoms with van der Waals surface area (Å²) in [4.78, 5) is 17.5. The van der Waals surface area contributed by atoms with Crippen LogP contribution in [0.15, 0.2) is 30.3 Å². The Morgan fingerprint density at radius 1 is 1.07 bits per heavy atom. The second-order valence-electron chi connectivity index (χ2n) is 8.38. The molecule has 2 fully saturated rings. The molecule has 1 aromatic heterocycles. The van der Waals surface area contributed by atoms with Crippen molar-refractivity contribution >= 4 is 5.91 Å². The number of hydrogen-bond acceptors (Lipinski definition) is 3. The fourth-order valence-electron chi connectivity index (χ4n) is 4.32. The summed E-state index contributed by atoms with van der Waals surface area (Å²) in [6.45, 7) is 9.35. The monoisotopic (exact) mass is 380 g/mol. The second kappa shape index (κ2) is 8.48. The minimum Gasteiger partial charge on any atom is -0.341 e. The van der Waals surface area contributed by atoms with E-state index in [1.54, 1.807) is 0 Å². The number of carbonyl (C=O) groups is 1. The number of carbonyl (C=O) groups excluding carboxylic acids is 1. The second-order valence-corrected chi connectivity index (χ2v) is 8.38. The summed E-state index contributed by atoms with van der Waals surface area (Å²) in [5.74, 6) is 1.22. The molecule has 2 heterocycles. The molecule has 5 heteroatoms. The highest BCUT2D eigenvalue weighted by atomic mass is 16.2. The van der Waals surface area contributed by atoms with Gasteiger partial charge in [0, 0.05) is 38.3 Å². The van der Waals surface area contributed by atoms with Crippen LogP contribution in [0.4, 0.5) is 0 Å². The smallest absolute Gasteiger partial charge is 0.222 e. The zero-order valence-electron chi connectivity index (χ0n) is 17.2. The van der Waals surface area contributed by atoms with Crippen molar-refractivity contribution in [3.63, 3.8) is 0 Å². The number of hydrogen-bond donors (Lipinski definition) is 0. The lowest BCUT2D eigenvalue weighted by atomic mass is 10.1. The van der Waals surface area contributed by atoms with Crippen molar-refractivity contribution in [2.24, 2.45) is 5.92 Å². The maximum Gasteiger partial charge on any atom is 0.222 e. The molecule has 0 radical (unpaired) electrons. The molecule has 2 aliphatic rings. The molecule has 5 nitrogen and oxygen atoms in total. The fraction of sp³-hybridized carbons (Fsp3) is 0.565. The summed E-state index contributed by atoms with van der Waals surface area (Å²) in [7, 11) is 0. The average Bonchev–Trinajstić information content (AvgIpc) is 3.50. The van der Waals surface area contributed by atoms with Crippen molar-refractivity contribution in [2.45, 2.75) is 46.0 Å².